The molecule has 0 bridgehead atoms. The molecule has 0 amide bonds. The van der Waals surface area contributed by atoms with Crippen LogP contribution in [-0.2, 0) is 6.61 Å². The average Bonchev–Trinajstić information content (AvgIpc) is 3.30. The minimum absolute atomic E-state index is 0.534. The summed E-state index contributed by atoms with van der Waals surface area (Å²) >= 11 is 0. The summed E-state index contributed by atoms with van der Waals surface area (Å²) in [6.45, 7) is 2.54. The smallest absolute Gasteiger partial charge is 0.120 e. The standard InChI is InChI=1S/C19H22N2O2/c1-4-16(5-1)21-12-17(21)14-23-19-8-6-18(7-9-19)22-13-15-3-2-10-20-11-15/h2-3,6-11,16-17H,1,4-5,12-14H2. The monoisotopic (exact) mass is 310 g/mol. The van der Waals surface area contributed by atoms with Crippen molar-refractivity contribution >= 4 is 0 Å². The first-order valence-electron chi connectivity index (χ1n) is 8.39. The van der Waals surface area contributed by atoms with Crippen LogP contribution >= 0.6 is 0 Å². The van der Waals surface area contributed by atoms with E-state index in [1.165, 1.54) is 25.8 Å². The van der Waals surface area contributed by atoms with Gasteiger partial charge in [-0.3, -0.25) is 9.88 Å². The van der Waals surface area contributed by atoms with E-state index in [0.717, 1.165) is 29.7 Å². The Labute approximate surface area is 137 Å². The molecule has 1 saturated heterocycles. The van der Waals surface area contributed by atoms with E-state index in [-0.39, 0.29) is 0 Å². The fourth-order valence-electron chi connectivity index (χ4n) is 2.98. The number of hydrogen-bond acceptors (Lipinski definition) is 4. The number of pyridine rings is 1. The van der Waals surface area contributed by atoms with Crippen LogP contribution in [0.2, 0.25) is 0 Å². The molecule has 2 aromatic rings. The van der Waals surface area contributed by atoms with E-state index in [4.69, 9.17) is 9.47 Å². The van der Waals surface area contributed by atoms with Crippen molar-refractivity contribution in [1.82, 2.24) is 9.88 Å². The molecule has 1 aliphatic heterocycles. The normalized spacial score (nSPS) is 23.1. The molecular weight excluding hydrogens is 288 g/mol. The van der Waals surface area contributed by atoms with Crippen LogP contribution in [0.3, 0.4) is 0 Å². The Hall–Kier alpha value is -2.07. The van der Waals surface area contributed by atoms with Gasteiger partial charge >= 0.3 is 0 Å². The number of hydrogen-bond donors (Lipinski definition) is 0. The van der Waals surface area contributed by atoms with E-state index < -0.39 is 0 Å². The molecule has 2 aliphatic rings. The molecule has 4 heteroatoms. The summed E-state index contributed by atoms with van der Waals surface area (Å²) < 4.78 is 11.6. The van der Waals surface area contributed by atoms with Crippen molar-refractivity contribution in [1.29, 1.82) is 0 Å². The Balaban J connectivity index is 1.22. The van der Waals surface area contributed by atoms with E-state index in [1.807, 2.05) is 42.6 Å². The zero-order chi connectivity index (χ0) is 15.5. The molecule has 4 rings (SSSR count). The van der Waals surface area contributed by atoms with Gasteiger partial charge in [0.1, 0.15) is 24.7 Å². The highest BCUT2D eigenvalue weighted by Gasteiger charge is 2.42. The van der Waals surface area contributed by atoms with E-state index in [1.54, 1.807) is 6.20 Å². The summed E-state index contributed by atoms with van der Waals surface area (Å²) in [6.07, 6.45) is 7.73. The molecule has 0 N–H and O–H groups in total. The molecule has 2 heterocycles. The molecule has 0 radical (unpaired) electrons. The lowest BCUT2D eigenvalue weighted by molar-refractivity contribution is 0.215. The minimum Gasteiger partial charge on any atom is -0.492 e. The van der Waals surface area contributed by atoms with E-state index in [0.29, 0.717) is 12.6 Å². The van der Waals surface area contributed by atoms with Crippen LogP contribution in [0.1, 0.15) is 24.8 Å². The SMILES string of the molecule is c1cncc(COc2ccc(OCC3CN3C3CCC3)cc2)c1. The summed E-state index contributed by atoms with van der Waals surface area (Å²) in [6, 6.07) is 13.3. The maximum atomic E-state index is 5.89. The highest BCUT2D eigenvalue weighted by Crippen LogP contribution is 2.33. The van der Waals surface area contributed by atoms with Gasteiger partial charge < -0.3 is 9.47 Å². The Kier molecular flexibility index (Phi) is 4.16. The van der Waals surface area contributed by atoms with Crippen molar-refractivity contribution in [3.05, 3.63) is 54.4 Å². The van der Waals surface area contributed by atoms with Crippen LogP contribution in [0.4, 0.5) is 0 Å². The second-order valence-electron chi connectivity index (χ2n) is 6.37. The third kappa shape index (κ3) is 3.64. The van der Waals surface area contributed by atoms with Crippen molar-refractivity contribution in [3.63, 3.8) is 0 Å². The molecule has 1 saturated carbocycles. The van der Waals surface area contributed by atoms with Crippen molar-refractivity contribution in [2.75, 3.05) is 13.2 Å². The first-order valence-corrected chi connectivity index (χ1v) is 8.39. The molecule has 23 heavy (non-hydrogen) atoms. The lowest BCUT2D eigenvalue weighted by Crippen LogP contribution is -2.29. The quantitative estimate of drug-likeness (QED) is 0.735. The van der Waals surface area contributed by atoms with Crippen LogP contribution in [-0.4, -0.2) is 35.1 Å². The number of ether oxygens (including phenoxy) is 2. The predicted molar refractivity (Wildman–Crippen MR) is 88.6 cm³/mol. The fourth-order valence-corrected chi connectivity index (χ4v) is 2.98. The van der Waals surface area contributed by atoms with Gasteiger partial charge in [0, 0.05) is 30.5 Å². The van der Waals surface area contributed by atoms with E-state index in [2.05, 4.69) is 9.88 Å². The maximum absolute atomic E-state index is 5.89. The lowest BCUT2D eigenvalue weighted by Gasteiger charge is -2.27. The van der Waals surface area contributed by atoms with Crippen molar-refractivity contribution in [2.24, 2.45) is 0 Å². The minimum atomic E-state index is 0.534. The van der Waals surface area contributed by atoms with Gasteiger partial charge in [-0.2, -0.15) is 0 Å². The summed E-state index contributed by atoms with van der Waals surface area (Å²) in [5.74, 6) is 1.77. The van der Waals surface area contributed by atoms with Gasteiger partial charge in [0.2, 0.25) is 0 Å². The molecule has 1 aromatic carbocycles. The van der Waals surface area contributed by atoms with Crippen LogP contribution in [0, 0.1) is 0 Å². The summed E-state index contributed by atoms with van der Waals surface area (Å²) in [5.41, 5.74) is 1.07. The second-order valence-corrected chi connectivity index (χ2v) is 6.37. The van der Waals surface area contributed by atoms with Crippen LogP contribution in [0.5, 0.6) is 11.5 Å². The van der Waals surface area contributed by atoms with Gasteiger partial charge in [-0.05, 0) is 43.2 Å². The third-order valence-electron chi connectivity index (χ3n) is 4.70. The van der Waals surface area contributed by atoms with Gasteiger partial charge in [-0.15, -0.1) is 0 Å². The zero-order valence-corrected chi connectivity index (χ0v) is 13.2. The highest BCUT2D eigenvalue weighted by molar-refractivity contribution is 5.31. The van der Waals surface area contributed by atoms with Crippen LogP contribution in [0.15, 0.2) is 48.8 Å². The summed E-state index contributed by atoms with van der Waals surface area (Å²) in [4.78, 5) is 6.65. The summed E-state index contributed by atoms with van der Waals surface area (Å²) in [5, 5.41) is 0. The Bertz CT molecular complexity index is 626. The summed E-state index contributed by atoms with van der Waals surface area (Å²) in [7, 11) is 0. The average molecular weight is 310 g/mol. The first kappa shape index (κ1) is 14.5. The van der Waals surface area contributed by atoms with Gasteiger partial charge in [0.25, 0.3) is 0 Å². The lowest BCUT2D eigenvalue weighted by atomic mass is 9.93. The van der Waals surface area contributed by atoms with E-state index >= 15 is 0 Å². The van der Waals surface area contributed by atoms with Crippen LogP contribution in [0.25, 0.3) is 0 Å². The third-order valence-corrected chi connectivity index (χ3v) is 4.70. The molecule has 4 nitrogen and oxygen atoms in total. The molecular formula is C19H22N2O2. The Morgan fingerprint density at radius 1 is 1.04 bits per heavy atom. The molecule has 1 aromatic heterocycles. The molecule has 120 valence electrons. The molecule has 2 unspecified atom stereocenters. The maximum Gasteiger partial charge on any atom is 0.120 e. The Morgan fingerprint density at radius 3 is 2.48 bits per heavy atom. The largest absolute Gasteiger partial charge is 0.492 e. The molecule has 0 spiro atoms. The van der Waals surface area contributed by atoms with Crippen LogP contribution < -0.4 is 9.47 Å². The van der Waals surface area contributed by atoms with Crippen molar-refractivity contribution in [3.8, 4) is 11.5 Å². The predicted octanol–water partition coefficient (Wildman–Crippen LogP) is 3.28. The second kappa shape index (κ2) is 6.59. The highest BCUT2D eigenvalue weighted by atomic mass is 16.5. The number of benzene rings is 1. The van der Waals surface area contributed by atoms with Gasteiger partial charge in [0.05, 0.1) is 6.04 Å². The molecule has 2 atom stereocenters. The topological polar surface area (TPSA) is 34.4 Å². The van der Waals surface area contributed by atoms with Crippen molar-refractivity contribution in [2.45, 2.75) is 38.0 Å². The van der Waals surface area contributed by atoms with Gasteiger partial charge in [-0.1, -0.05) is 12.5 Å². The molecule has 2 fully saturated rings. The number of nitrogens with zero attached hydrogens (tertiary/aromatic N) is 2. The first-order chi connectivity index (χ1) is 11.4. The van der Waals surface area contributed by atoms with Gasteiger partial charge in [-0.25, -0.2) is 0 Å². The fraction of sp³-hybridized carbons (Fsp3) is 0.421. The zero-order valence-electron chi connectivity index (χ0n) is 13.2. The number of rotatable bonds is 7. The Morgan fingerprint density at radius 2 is 1.83 bits per heavy atom. The van der Waals surface area contributed by atoms with Gasteiger partial charge in [0.15, 0.2) is 0 Å². The van der Waals surface area contributed by atoms with Crippen molar-refractivity contribution < 1.29 is 9.47 Å². The van der Waals surface area contributed by atoms with E-state index in [9.17, 15) is 0 Å². The number of aromatic nitrogens is 1. The molecule has 1 aliphatic carbocycles.